The fourth-order valence-electron chi connectivity index (χ4n) is 2.65. The third-order valence-electron chi connectivity index (χ3n) is 3.83. The number of aromatic nitrogens is 4. The molecule has 28 heavy (non-hydrogen) atoms. The highest BCUT2D eigenvalue weighted by Crippen LogP contribution is 2.38. The van der Waals surface area contributed by atoms with Crippen molar-refractivity contribution in [3.63, 3.8) is 0 Å². The Labute approximate surface area is 159 Å². The van der Waals surface area contributed by atoms with Gasteiger partial charge in [-0.2, -0.15) is 0 Å². The molecule has 11 heteroatoms. The van der Waals surface area contributed by atoms with Crippen molar-refractivity contribution in [1.82, 2.24) is 20.0 Å². The third kappa shape index (κ3) is 3.72. The molecule has 0 bridgehead atoms. The van der Waals surface area contributed by atoms with Crippen LogP contribution in [0.2, 0.25) is 0 Å². The summed E-state index contributed by atoms with van der Waals surface area (Å²) in [7, 11) is 0. The van der Waals surface area contributed by atoms with E-state index in [2.05, 4.69) is 15.3 Å². The van der Waals surface area contributed by atoms with Crippen molar-refractivity contribution < 1.29 is 14.5 Å². The van der Waals surface area contributed by atoms with E-state index in [1.165, 1.54) is 23.3 Å². The molecule has 0 fully saturated rings. The minimum atomic E-state index is -0.763. The quantitative estimate of drug-likeness (QED) is 0.505. The van der Waals surface area contributed by atoms with E-state index in [-0.39, 0.29) is 30.3 Å². The molecular formula is C17H17N7O4. The predicted octanol–water partition coefficient (Wildman–Crippen LogP) is 2.32. The zero-order chi connectivity index (χ0) is 20.1. The van der Waals surface area contributed by atoms with Gasteiger partial charge in [-0.3, -0.25) is 15.0 Å². The Balaban J connectivity index is 2.23. The van der Waals surface area contributed by atoms with Crippen LogP contribution in [-0.4, -0.2) is 37.6 Å². The van der Waals surface area contributed by atoms with Crippen molar-refractivity contribution in [1.29, 1.82) is 0 Å². The largest absolute Gasteiger partial charge is 0.449 e. The molecule has 1 amide bonds. The molecule has 2 heterocycles. The van der Waals surface area contributed by atoms with Gasteiger partial charge in [-0.1, -0.05) is 35.5 Å². The average molecular weight is 383 g/mol. The Bertz CT molecular complexity index is 977. The Hall–Kier alpha value is -4.02. The van der Waals surface area contributed by atoms with Gasteiger partial charge < -0.3 is 10.5 Å². The van der Waals surface area contributed by atoms with Crippen molar-refractivity contribution >= 4 is 23.3 Å². The van der Waals surface area contributed by atoms with E-state index in [1.807, 2.05) is 6.07 Å². The maximum absolute atomic E-state index is 12.7. The first kappa shape index (κ1) is 18.8. The highest BCUT2D eigenvalue weighted by molar-refractivity contribution is 5.95. The lowest BCUT2D eigenvalue weighted by Crippen LogP contribution is -2.33. The van der Waals surface area contributed by atoms with Crippen LogP contribution in [0.1, 0.15) is 12.5 Å². The second kappa shape index (κ2) is 8.12. The van der Waals surface area contributed by atoms with Crippen LogP contribution in [0.3, 0.4) is 0 Å². The summed E-state index contributed by atoms with van der Waals surface area (Å²) < 4.78 is 6.41. The zero-order valence-corrected chi connectivity index (χ0v) is 14.9. The van der Waals surface area contributed by atoms with Gasteiger partial charge in [-0.05, 0) is 12.5 Å². The lowest BCUT2D eigenvalue weighted by Gasteiger charge is -2.24. The smallest absolute Gasteiger partial charge is 0.414 e. The SMILES string of the molecule is CCOC(=O)N(Cc1ccccc1)c1c(-n2ccnn2)cnc(N)c1[N+](=O)[O-]. The molecule has 1 aromatic carbocycles. The Morgan fingerprint density at radius 3 is 2.71 bits per heavy atom. The van der Waals surface area contributed by atoms with E-state index in [4.69, 9.17) is 10.5 Å². The van der Waals surface area contributed by atoms with Gasteiger partial charge in [0.15, 0.2) is 5.69 Å². The number of nitro groups is 1. The fraction of sp³-hybridized carbons (Fsp3) is 0.176. The summed E-state index contributed by atoms with van der Waals surface area (Å²) in [5, 5.41) is 19.3. The maximum atomic E-state index is 12.7. The molecule has 2 aromatic heterocycles. The number of anilines is 2. The van der Waals surface area contributed by atoms with Crippen LogP contribution >= 0.6 is 0 Å². The number of nitrogen functional groups attached to an aromatic ring is 1. The Morgan fingerprint density at radius 1 is 1.36 bits per heavy atom. The first-order chi connectivity index (χ1) is 13.5. The number of carbonyl (C=O) groups excluding carboxylic acids is 1. The second-order valence-electron chi connectivity index (χ2n) is 5.60. The van der Waals surface area contributed by atoms with E-state index in [0.717, 1.165) is 10.5 Å². The predicted molar refractivity (Wildman–Crippen MR) is 99.9 cm³/mol. The summed E-state index contributed by atoms with van der Waals surface area (Å²) in [5.41, 5.74) is 6.09. The van der Waals surface area contributed by atoms with Gasteiger partial charge >= 0.3 is 11.8 Å². The zero-order valence-electron chi connectivity index (χ0n) is 14.9. The number of carbonyl (C=O) groups is 1. The average Bonchev–Trinajstić information content (AvgIpc) is 3.21. The number of hydrogen-bond donors (Lipinski definition) is 1. The van der Waals surface area contributed by atoms with E-state index in [0.29, 0.717) is 0 Å². The maximum Gasteiger partial charge on any atom is 0.414 e. The number of amides is 1. The third-order valence-corrected chi connectivity index (χ3v) is 3.83. The van der Waals surface area contributed by atoms with E-state index in [1.54, 1.807) is 31.2 Å². The number of rotatable bonds is 6. The van der Waals surface area contributed by atoms with Crippen LogP contribution in [0, 0.1) is 10.1 Å². The van der Waals surface area contributed by atoms with E-state index < -0.39 is 16.7 Å². The first-order valence-electron chi connectivity index (χ1n) is 8.30. The monoisotopic (exact) mass is 383 g/mol. The molecule has 0 aliphatic carbocycles. The molecule has 144 valence electrons. The van der Waals surface area contributed by atoms with Crippen LogP contribution in [0.25, 0.3) is 5.69 Å². The normalized spacial score (nSPS) is 10.5. The number of nitrogens with zero attached hydrogens (tertiary/aromatic N) is 6. The summed E-state index contributed by atoms with van der Waals surface area (Å²) in [6.07, 6.45) is 3.41. The highest BCUT2D eigenvalue weighted by atomic mass is 16.6. The van der Waals surface area contributed by atoms with Gasteiger partial charge in [0, 0.05) is 0 Å². The Morgan fingerprint density at radius 2 is 2.11 bits per heavy atom. The molecule has 0 unspecified atom stereocenters. The van der Waals surface area contributed by atoms with Crippen molar-refractivity contribution in [3.05, 3.63) is 64.6 Å². The molecule has 3 aromatic rings. The molecule has 2 N–H and O–H groups in total. The molecule has 0 spiro atoms. The number of ether oxygens (including phenoxy) is 1. The summed E-state index contributed by atoms with van der Waals surface area (Å²) in [4.78, 5) is 28.8. The second-order valence-corrected chi connectivity index (χ2v) is 5.60. The van der Waals surface area contributed by atoms with Crippen molar-refractivity contribution in [2.45, 2.75) is 13.5 Å². The van der Waals surface area contributed by atoms with Crippen molar-refractivity contribution in [2.24, 2.45) is 0 Å². The fourth-order valence-corrected chi connectivity index (χ4v) is 2.65. The summed E-state index contributed by atoms with van der Waals surface area (Å²) in [6.45, 7) is 1.76. The number of hydrogen-bond acceptors (Lipinski definition) is 8. The molecule has 0 radical (unpaired) electrons. The minimum Gasteiger partial charge on any atom is -0.449 e. The van der Waals surface area contributed by atoms with Gasteiger partial charge in [-0.25, -0.2) is 14.5 Å². The molecule has 3 rings (SSSR count). The van der Waals surface area contributed by atoms with Crippen LogP contribution in [-0.2, 0) is 11.3 Å². The van der Waals surface area contributed by atoms with Gasteiger partial charge in [0.2, 0.25) is 5.82 Å². The summed E-state index contributed by atoms with van der Waals surface area (Å²) in [6, 6.07) is 9.00. The molecule has 0 aliphatic heterocycles. The lowest BCUT2D eigenvalue weighted by atomic mass is 10.2. The lowest BCUT2D eigenvalue weighted by molar-refractivity contribution is -0.383. The minimum absolute atomic E-state index is 0.0195. The number of pyridine rings is 1. The van der Waals surface area contributed by atoms with Gasteiger partial charge in [0.05, 0.1) is 36.7 Å². The van der Waals surface area contributed by atoms with Crippen LogP contribution in [0.4, 0.5) is 22.0 Å². The Kier molecular flexibility index (Phi) is 5.44. The first-order valence-corrected chi connectivity index (χ1v) is 8.30. The van der Waals surface area contributed by atoms with E-state index >= 15 is 0 Å². The standard InChI is InChI=1S/C17H17N7O4/c1-2-28-17(25)22(11-12-6-4-3-5-7-12)14-13(23-9-8-20-21-23)10-19-16(18)15(14)24(26)27/h3-10H,2,11H2,1H3,(H2,18,19). The molecule has 11 nitrogen and oxygen atoms in total. The molecule has 0 saturated carbocycles. The van der Waals surface area contributed by atoms with Gasteiger partial charge in [-0.15, -0.1) is 5.10 Å². The molecular weight excluding hydrogens is 366 g/mol. The molecule has 0 atom stereocenters. The molecule has 0 aliphatic rings. The van der Waals surface area contributed by atoms with Gasteiger partial charge in [0.1, 0.15) is 5.69 Å². The molecule has 0 saturated heterocycles. The van der Waals surface area contributed by atoms with Crippen LogP contribution < -0.4 is 10.6 Å². The van der Waals surface area contributed by atoms with Crippen molar-refractivity contribution in [3.8, 4) is 5.69 Å². The van der Waals surface area contributed by atoms with E-state index in [9.17, 15) is 14.9 Å². The van der Waals surface area contributed by atoms with Crippen LogP contribution in [0.15, 0.2) is 48.9 Å². The highest BCUT2D eigenvalue weighted by Gasteiger charge is 2.33. The van der Waals surface area contributed by atoms with Gasteiger partial charge in [0.25, 0.3) is 0 Å². The van der Waals surface area contributed by atoms with Crippen molar-refractivity contribution in [2.75, 3.05) is 17.2 Å². The summed E-state index contributed by atoms with van der Waals surface area (Å²) >= 11 is 0. The number of nitrogens with two attached hydrogens (primary N) is 1. The topological polar surface area (TPSA) is 142 Å². The number of benzene rings is 1. The van der Waals surface area contributed by atoms with Crippen LogP contribution in [0.5, 0.6) is 0 Å². The summed E-state index contributed by atoms with van der Waals surface area (Å²) in [5.74, 6) is -0.328.